The van der Waals surface area contributed by atoms with Gasteiger partial charge in [0.05, 0.1) is 0 Å². The van der Waals surface area contributed by atoms with Crippen molar-refractivity contribution in [2.45, 2.75) is 20.8 Å². The summed E-state index contributed by atoms with van der Waals surface area (Å²) in [5.74, 6) is -0.922. The molecular weight excluding hydrogens is 244 g/mol. The zero-order valence-corrected chi connectivity index (χ0v) is 10.9. The predicted octanol–water partition coefficient (Wildman–Crippen LogP) is 2.06. The van der Waals surface area contributed by atoms with Crippen LogP contribution in [0.25, 0.3) is 11.4 Å². The summed E-state index contributed by atoms with van der Waals surface area (Å²) >= 11 is 0. The Bertz CT molecular complexity index is 694. The Hall–Kier alpha value is -2.43. The molecule has 0 radical (unpaired) electrons. The number of aromatic carboxylic acids is 1. The van der Waals surface area contributed by atoms with E-state index < -0.39 is 11.5 Å². The molecule has 5 nitrogen and oxygen atoms in total. The molecule has 0 unspecified atom stereocenters. The van der Waals surface area contributed by atoms with Crippen LogP contribution in [0.5, 0.6) is 0 Å². The number of nitrogens with zero attached hydrogens (tertiary/aromatic N) is 1. The van der Waals surface area contributed by atoms with Crippen LogP contribution >= 0.6 is 0 Å². The number of aromatic amines is 1. The Morgan fingerprint density at radius 2 is 1.74 bits per heavy atom. The highest BCUT2D eigenvalue weighted by Gasteiger charge is 2.13. The number of hydrogen-bond donors (Lipinski definition) is 2. The first-order valence-electron chi connectivity index (χ1n) is 5.81. The molecule has 1 aromatic carbocycles. The van der Waals surface area contributed by atoms with Gasteiger partial charge in [-0.1, -0.05) is 17.7 Å². The Labute approximate surface area is 110 Å². The molecule has 2 rings (SSSR count). The lowest BCUT2D eigenvalue weighted by Gasteiger charge is -2.10. The number of carbonyl (C=O) groups is 1. The van der Waals surface area contributed by atoms with Crippen LogP contribution in [0.15, 0.2) is 23.0 Å². The Morgan fingerprint density at radius 3 is 2.26 bits per heavy atom. The highest BCUT2D eigenvalue weighted by Crippen LogP contribution is 2.24. The van der Waals surface area contributed by atoms with Gasteiger partial charge in [0.2, 0.25) is 0 Å². The van der Waals surface area contributed by atoms with Gasteiger partial charge in [-0.15, -0.1) is 0 Å². The first-order valence-corrected chi connectivity index (χ1v) is 5.81. The molecule has 0 aliphatic heterocycles. The lowest BCUT2D eigenvalue weighted by atomic mass is 9.99. The van der Waals surface area contributed by atoms with Crippen molar-refractivity contribution in [3.05, 3.63) is 50.9 Å². The fourth-order valence-electron chi connectivity index (χ4n) is 2.24. The standard InChI is InChI=1S/C14H14N2O3/c1-7-4-8(2)12(9(3)5-7)13-15-10(14(18)19)6-11(17)16-13/h4-6H,1-3H3,(H,18,19)(H,15,16,17). The number of aromatic nitrogens is 2. The van der Waals surface area contributed by atoms with Crippen molar-refractivity contribution in [3.63, 3.8) is 0 Å². The number of carboxylic acids is 1. The van der Waals surface area contributed by atoms with E-state index in [4.69, 9.17) is 5.11 Å². The van der Waals surface area contributed by atoms with Crippen LogP contribution in [0.2, 0.25) is 0 Å². The molecule has 5 heteroatoms. The summed E-state index contributed by atoms with van der Waals surface area (Å²) in [6.45, 7) is 5.79. The molecule has 0 atom stereocenters. The molecule has 2 aromatic rings. The third-order valence-corrected chi connectivity index (χ3v) is 2.87. The van der Waals surface area contributed by atoms with Crippen LogP contribution in [-0.4, -0.2) is 21.0 Å². The lowest BCUT2D eigenvalue weighted by Crippen LogP contribution is -2.14. The maximum atomic E-state index is 11.5. The molecule has 1 heterocycles. The molecule has 0 spiro atoms. The van der Waals surface area contributed by atoms with Crippen LogP contribution in [0.3, 0.4) is 0 Å². The second-order valence-corrected chi connectivity index (χ2v) is 4.56. The highest BCUT2D eigenvalue weighted by molar-refractivity contribution is 5.85. The molecule has 19 heavy (non-hydrogen) atoms. The summed E-state index contributed by atoms with van der Waals surface area (Å²) in [5.41, 5.74) is 3.05. The van der Waals surface area contributed by atoms with Gasteiger partial charge in [0.25, 0.3) is 5.56 Å². The molecule has 0 fully saturated rings. The molecule has 0 saturated carbocycles. The largest absolute Gasteiger partial charge is 0.477 e. The predicted molar refractivity (Wildman–Crippen MR) is 71.5 cm³/mol. The van der Waals surface area contributed by atoms with Crippen molar-refractivity contribution in [3.8, 4) is 11.4 Å². The summed E-state index contributed by atoms with van der Waals surface area (Å²) in [6.07, 6.45) is 0. The molecule has 0 saturated heterocycles. The fraction of sp³-hybridized carbons (Fsp3) is 0.214. The number of aryl methyl sites for hydroxylation is 3. The molecule has 2 N–H and O–H groups in total. The quantitative estimate of drug-likeness (QED) is 0.863. The maximum Gasteiger partial charge on any atom is 0.354 e. The van der Waals surface area contributed by atoms with E-state index >= 15 is 0 Å². The third kappa shape index (κ3) is 2.54. The number of hydrogen-bond acceptors (Lipinski definition) is 3. The van der Waals surface area contributed by atoms with E-state index in [2.05, 4.69) is 9.97 Å². The SMILES string of the molecule is Cc1cc(C)c(-c2nc(C(=O)O)cc(=O)[nH]2)c(C)c1. The zero-order valence-electron chi connectivity index (χ0n) is 10.9. The molecule has 0 bridgehead atoms. The Kier molecular flexibility index (Phi) is 3.21. The van der Waals surface area contributed by atoms with E-state index in [0.29, 0.717) is 5.82 Å². The van der Waals surface area contributed by atoms with Crippen molar-refractivity contribution in [1.29, 1.82) is 0 Å². The van der Waals surface area contributed by atoms with Crippen molar-refractivity contribution >= 4 is 5.97 Å². The van der Waals surface area contributed by atoms with E-state index in [0.717, 1.165) is 28.3 Å². The molecule has 0 aliphatic carbocycles. The minimum absolute atomic E-state index is 0.252. The van der Waals surface area contributed by atoms with E-state index in [1.165, 1.54) is 0 Å². The van der Waals surface area contributed by atoms with Crippen molar-refractivity contribution in [1.82, 2.24) is 9.97 Å². The maximum absolute atomic E-state index is 11.5. The van der Waals surface area contributed by atoms with E-state index in [1.807, 2.05) is 32.9 Å². The van der Waals surface area contributed by atoms with Gasteiger partial charge in [-0.3, -0.25) is 4.79 Å². The number of nitrogens with one attached hydrogen (secondary N) is 1. The summed E-state index contributed by atoms with van der Waals surface area (Å²) in [6, 6.07) is 4.91. The minimum Gasteiger partial charge on any atom is -0.477 e. The van der Waals surface area contributed by atoms with Crippen LogP contribution in [0.4, 0.5) is 0 Å². The van der Waals surface area contributed by atoms with Crippen LogP contribution in [0, 0.1) is 20.8 Å². The fourth-order valence-corrected chi connectivity index (χ4v) is 2.24. The van der Waals surface area contributed by atoms with Crippen molar-refractivity contribution in [2.75, 3.05) is 0 Å². The normalized spacial score (nSPS) is 10.5. The Balaban J connectivity index is 2.72. The van der Waals surface area contributed by atoms with Gasteiger partial charge >= 0.3 is 5.97 Å². The zero-order chi connectivity index (χ0) is 14.2. The average Bonchev–Trinajstić information content (AvgIpc) is 2.26. The van der Waals surface area contributed by atoms with Crippen LogP contribution in [0.1, 0.15) is 27.2 Å². The van der Waals surface area contributed by atoms with Crippen LogP contribution in [-0.2, 0) is 0 Å². The van der Waals surface area contributed by atoms with Gasteiger partial charge in [0.15, 0.2) is 5.69 Å². The summed E-state index contributed by atoms with van der Waals surface area (Å²) < 4.78 is 0. The summed E-state index contributed by atoms with van der Waals surface area (Å²) in [5, 5.41) is 8.95. The molecule has 98 valence electrons. The molecule has 1 aromatic heterocycles. The minimum atomic E-state index is -1.21. The topological polar surface area (TPSA) is 83.0 Å². The second kappa shape index (κ2) is 4.68. The molecule has 0 aliphatic rings. The van der Waals surface area contributed by atoms with Gasteiger partial charge in [0, 0.05) is 11.6 Å². The van der Waals surface area contributed by atoms with Gasteiger partial charge < -0.3 is 10.1 Å². The summed E-state index contributed by atoms with van der Waals surface area (Å²) in [4.78, 5) is 29.1. The smallest absolute Gasteiger partial charge is 0.354 e. The first kappa shape index (κ1) is 13.0. The number of rotatable bonds is 2. The first-order chi connectivity index (χ1) is 8.88. The Morgan fingerprint density at radius 1 is 1.16 bits per heavy atom. The average molecular weight is 258 g/mol. The van der Waals surface area contributed by atoms with Crippen LogP contribution < -0.4 is 5.56 Å². The van der Waals surface area contributed by atoms with Crippen molar-refractivity contribution < 1.29 is 9.90 Å². The monoisotopic (exact) mass is 258 g/mol. The van der Waals surface area contributed by atoms with Gasteiger partial charge in [-0.2, -0.15) is 0 Å². The van der Waals surface area contributed by atoms with E-state index in [1.54, 1.807) is 0 Å². The number of benzene rings is 1. The second-order valence-electron chi connectivity index (χ2n) is 4.56. The van der Waals surface area contributed by atoms with Gasteiger partial charge in [-0.05, 0) is 31.9 Å². The summed E-state index contributed by atoms with van der Waals surface area (Å²) in [7, 11) is 0. The highest BCUT2D eigenvalue weighted by atomic mass is 16.4. The molecular formula is C14H14N2O3. The van der Waals surface area contributed by atoms with Crippen molar-refractivity contribution in [2.24, 2.45) is 0 Å². The number of H-pyrrole nitrogens is 1. The van der Waals surface area contributed by atoms with Gasteiger partial charge in [-0.25, -0.2) is 9.78 Å². The van der Waals surface area contributed by atoms with E-state index in [-0.39, 0.29) is 5.69 Å². The van der Waals surface area contributed by atoms with Gasteiger partial charge in [0.1, 0.15) is 5.82 Å². The third-order valence-electron chi connectivity index (χ3n) is 2.87. The molecule has 0 amide bonds. The number of carboxylic acid groups (broad SMARTS) is 1. The van der Waals surface area contributed by atoms with E-state index in [9.17, 15) is 9.59 Å². The lowest BCUT2D eigenvalue weighted by molar-refractivity contribution is 0.0690.